The minimum absolute atomic E-state index is 0.145. The largest absolute Gasteiger partial charge is 0.508 e. The second-order valence-corrected chi connectivity index (χ2v) is 4.99. The van der Waals surface area contributed by atoms with Gasteiger partial charge in [0.25, 0.3) is 0 Å². The number of phenolic OH excluding ortho intramolecular Hbond substituents is 1. The van der Waals surface area contributed by atoms with Gasteiger partial charge in [0.15, 0.2) is 11.9 Å². The zero-order valence-electron chi connectivity index (χ0n) is 13.5. The molecule has 9 nitrogen and oxygen atoms in total. The van der Waals surface area contributed by atoms with Gasteiger partial charge >= 0.3 is 11.9 Å². The van der Waals surface area contributed by atoms with E-state index in [4.69, 9.17) is 30.3 Å². The van der Waals surface area contributed by atoms with Crippen molar-refractivity contribution < 1.29 is 44.6 Å². The van der Waals surface area contributed by atoms with Crippen LogP contribution in [0.3, 0.4) is 0 Å². The summed E-state index contributed by atoms with van der Waals surface area (Å²) in [7, 11) is 0. The number of hydrogen-bond donors (Lipinski definition) is 5. The molecule has 0 amide bonds. The van der Waals surface area contributed by atoms with Crippen LogP contribution in [0.1, 0.15) is 23.7 Å². The molecular weight excluding hydrogens is 336 g/mol. The number of aromatic hydroxyl groups is 1. The Morgan fingerprint density at radius 3 is 2.28 bits per heavy atom. The monoisotopic (exact) mass is 356 g/mol. The fraction of sp³-hybridized carbons (Fsp3) is 0.375. The van der Waals surface area contributed by atoms with Crippen molar-refractivity contribution in [2.24, 2.45) is 0 Å². The van der Waals surface area contributed by atoms with E-state index < -0.39 is 36.3 Å². The summed E-state index contributed by atoms with van der Waals surface area (Å²) in [5.41, 5.74) is 0.464. The van der Waals surface area contributed by atoms with Crippen LogP contribution >= 0.6 is 0 Å². The third-order valence-corrected chi connectivity index (χ3v) is 3.02. The molecule has 1 heterocycles. The highest BCUT2D eigenvalue weighted by atomic mass is 16.6. The van der Waals surface area contributed by atoms with Crippen LogP contribution in [0.4, 0.5) is 0 Å². The zero-order chi connectivity index (χ0) is 19.0. The summed E-state index contributed by atoms with van der Waals surface area (Å²) in [6.07, 6.45) is -1.97. The molecule has 1 aromatic carbocycles. The van der Waals surface area contributed by atoms with Gasteiger partial charge in [0.2, 0.25) is 5.76 Å². The Balaban J connectivity index is 0.000000251. The van der Waals surface area contributed by atoms with E-state index in [0.717, 1.165) is 6.42 Å². The van der Waals surface area contributed by atoms with Crippen molar-refractivity contribution in [1.82, 2.24) is 0 Å². The fourth-order valence-electron chi connectivity index (χ4n) is 1.70. The van der Waals surface area contributed by atoms with Crippen molar-refractivity contribution in [2.45, 2.75) is 25.6 Å². The molecule has 0 fully saturated rings. The molecule has 138 valence electrons. The van der Waals surface area contributed by atoms with E-state index in [2.05, 4.69) is 4.74 Å². The quantitative estimate of drug-likeness (QED) is 0.476. The van der Waals surface area contributed by atoms with Crippen LogP contribution in [0.15, 0.2) is 35.8 Å². The second-order valence-electron chi connectivity index (χ2n) is 4.99. The normalized spacial score (nSPS) is 17.4. The SMILES string of the molecule is CCCOC(=O)c1ccc(O)cc1.O=C1O[C@H]([C@@H](O)CO)C(O)=C1O. The van der Waals surface area contributed by atoms with Gasteiger partial charge in [0.1, 0.15) is 11.9 Å². The number of aliphatic hydroxyl groups excluding tert-OH is 4. The first-order chi connectivity index (χ1) is 11.8. The van der Waals surface area contributed by atoms with E-state index in [-0.39, 0.29) is 11.7 Å². The fourth-order valence-corrected chi connectivity index (χ4v) is 1.70. The minimum atomic E-state index is -1.42. The van der Waals surface area contributed by atoms with Crippen LogP contribution < -0.4 is 0 Å². The molecule has 0 aromatic heterocycles. The maximum Gasteiger partial charge on any atom is 0.377 e. The number of carbonyl (C=O) groups is 2. The Hall–Kier alpha value is -2.78. The Morgan fingerprint density at radius 2 is 1.84 bits per heavy atom. The molecule has 0 spiro atoms. The lowest BCUT2D eigenvalue weighted by atomic mass is 10.2. The highest BCUT2D eigenvalue weighted by Crippen LogP contribution is 2.20. The molecule has 0 unspecified atom stereocenters. The van der Waals surface area contributed by atoms with E-state index in [1.165, 1.54) is 24.3 Å². The van der Waals surface area contributed by atoms with Crippen molar-refractivity contribution >= 4 is 11.9 Å². The summed E-state index contributed by atoms with van der Waals surface area (Å²) in [4.78, 5) is 21.7. The third-order valence-electron chi connectivity index (χ3n) is 3.02. The maximum atomic E-state index is 11.2. The number of phenols is 1. The lowest BCUT2D eigenvalue weighted by molar-refractivity contribution is -0.147. The molecule has 1 aliphatic rings. The van der Waals surface area contributed by atoms with Gasteiger partial charge in [-0.2, -0.15) is 0 Å². The molecule has 9 heteroatoms. The van der Waals surface area contributed by atoms with Crippen molar-refractivity contribution in [2.75, 3.05) is 13.2 Å². The predicted molar refractivity (Wildman–Crippen MR) is 83.9 cm³/mol. The summed E-state index contributed by atoms with van der Waals surface area (Å²) < 4.78 is 9.21. The Kier molecular flexibility index (Phi) is 7.70. The Morgan fingerprint density at radius 1 is 1.24 bits per heavy atom. The van der Waals surface area contributed by atoms with Crippen LogP contribution in [0.5, 0.6) is 5.75 Å². The molecular formula is C16H20O9. The smallest absolute Gasteiger partial charge is 0.377 e. The van der Waals surface area contributed by atoms with Crippen LogP contribution in [0, 0.1) is 0 Å². The van der Waals surface area contributed by atoms with E-state index >= 15 is 0 Å². The molecule has 0 aliphatic carbocycles. The summed E-state index contributed by atoms with van der Waals surface area (Å²) in [5.74, 6) is -2.98. The number of esters is 2. The average molecular weight is 356 g/mol. The standard InChI is InChI=1S/C10H12O3.C6H8O6/c1-2-7-13-10(12)8-3-5-9(11)6-4-8;7-1-2(8)5-3(9)4(10)6(11)12-5/h3-6,11H,2,7H2,1H3;2,5,7-10H,1H2/t;2-,5+/m.0/s1. The molecule has 0 saturated carbocycles. The van der Waals surface area contributed by atoms with Gasteiger partial charge in [-0.15, -0.1) is 0 Å². The van der Waals surface area contributed by atoms with E-state index in [1.807, 2.05) is 6.92 Å². The van der Waals surface area contributed by atoms with Gasteiger partial charge in [-0.25, -0.2) is 9.59 Å². The number of benzene rings is 1. The first kappa shape index (κ1) is 20.3. The molecule has 1 aliphatic heterocycles. The molecule has 0 saturated heterocycles. The van der Waals surface area contributed by atoms with Crippen LogP contribution in [-0.2, 0) is 14.3 Å². The summed E-state index contributed by atoms with van der Waals surface area (Å²) >= 11 is 0. The first-order valence-corrected chi connectivity index (χ1v) is 7.39. The molecule has 0 radical (unpaired) electrons. The van der Waals surface area contributed by atoms with Crippen LogP contribution in [0.25, 0.3) is 0 Å². The van der Waals surface area contributed by atoms with Gasteiger partial charge in [-0.05, 0) is 30.7 Å². The van der Waals surface area contributed by atoms with Gasteiger partial charge in [-0.3, -0.25) is 0 Å². The molecule has 2 atom stereocenters. The summed E-state index contributed by atoms with van der Waals surface area (Å²) in [5, 5.41) is 44.0. The van der Waals surface area contributed by atoms with Crippen LogP contribution in [0.2, 0.25) is 0 Å². The highest BCUT2D eigenvalue weighted by molar-refractivity contribution is 5.89. The lowest BCUT2D eigenvalue weighted by Gasteiger charge is -2.13. The van der Waals surface area contributed by atoms with E-state index in [1.54, 1.807) is 0 Å². The number of hydrogen-bond acceptors (Lipinski definition) is 9. The maximum absolute atomic E-state index is 11.2. The highest BCUT2D eigenvalue weighted by Gasteiger charge is 2.38. The summed E-state index contributed by atoms with van der Waals surface area (Å²) in [6, 6.07) is 5.99. The second kappa shape index (κ2) is 9.50. The molecule has 1 aromatic rings. The summed E-state index contributed by atoms with van der Waals surface area (Å²) in [6.45, 7) is 1.69. The average Bonchev–Trinajstić information content (AvgIpc) is 2.87. The van der Waals surface area contributed by atoms with Crippen molar-refractivity contribution in [1.29, 1.82) is 0 Å². The van der Waals surface area contributed by atoms with Gasteiger partial charge < -0.3 is 35.0 Å². The van der Waals surface area contributed by atoms with Gasteiger partial charge in [0.05, 0.1) is 18.8 Å². The number of cyclic esters (lactones) is 1. The number of aliphatic hydroxyl groups is 4. The van der Waals surface area contributed by atoms with E-state index in [0.29, 0.717) is 12.2 Å². The van der Waals surface area contributed by atoms with E-state index in [9.17, 15) is 9.59 Å². The number of carbonyl (C=O) groups excluding carboxylic acids is 2. The molecule has 0 bridgehead atoms. The Labute approximate surface area is 143 Å². The molecule has 5 N–H and O–H groups in total. The number of rotatable bonds is 5. The molecule has 2 rings (SSSR count). The van der Waals surface area contributed by atoms with Gasteiger partial charge in [-0.1, -0.05) is 6.92 Å². The van der Waals surface area contributed by atoms with Gasteiger partial charge in [0, 0.05) is 0 Å². The Bertz CT molecular complexity index is 621. The zero-order valence-corrected chi connectivity index (χ0v) is 13.5. The minimum Gasteiger partial charge on any atom is -0.508 e. The lowest BCUT2D eigenvalue weighted by Crippen LogP contribution is -2.31. The van der Waals surface area contributed by atoms with Crippen LogP contribution in [-0.4, -0.2) is 62.9 Å². The van der Waals surface area contributed by atoms with Crippen molar-refractivity contribution in [3.05, 3.63) is 41.3 Å². The van der Waals surface area contributed by atoms with Crippen molar-refractivity contribution in [3.63, 3.8) is 0 Å². The third kappa shape index (κ3) is 5.66. The molecule has 25 heavy (non-hydrogen) atoms. The number of ether oxygens (including phenoxy) is 2. The van der Waals surface area contributed by atoms with Crippen molar-refractivity contribution in [3.8, 4) is 5.75 Å². The topological polar surface area (TPSA) is 154 Å². The first-order valence-electron chi connectivity index (χ1n) is 7.39. The predicted octanol–water partition coefficient (Wildman–Crippen LogP) is 0.552.